The summed E-state index contributed by atoms with van der Waals surface area (Å²) < 4.78 is 5.15. The van der Waals surface area contributed by atoms with Gasteiger partial charge in [0.2, 0.25) is 5.91 Å². The number of carbonyl (C=O) groups is 1. The van der Waals surface area contributed by atoms with Gasteiger partial charge in [-0.25, -0.2) is 0 Å². The second-order valence-electron chi connectivity index (χ2n) is 4.43. The Balaban J connectivity index is 1.92. The van der Waals surface area contributed by atoms with Gasteiger partial charge >= 0.3 is 0 Å². The summed E-state index contributed by atoms with van der Waals surface area (Å²) in [4.78, 5) is 14.1. The molecule has 2 fully saturated rings. The minimum absolute atomic E-state index is 0.0717. The molecule has 0 aromatic heterocycles. The van der Waals surface area contributed by atoms with Crippen LogP contribution in [-0.2, 0) is 9.53 Å². The number of carbonyl (C=O) groups excluding carboxylic acids is 1. The van der Waals surface area contributed by atoms with Crippen molar-refractivity contribution in [3.05, 3.63) is 0 Å². The second-order valence-corrected chi connectivity index (χ2v) is 4.43. The van der Waals surface area contributed by atoms with Gasteiger partial charge in [-0.15, -0.1) is 0 Å². The van der Waals surface area contributed by atoms with Crippen molar-refractivity contribution in [2.24, 2.45) is 0 Å². The number of hydrogen-bond acceptors (Lipinski definition) is 3. The maximum atomic E-state index is 12.1. The number of rotatable bonds is 3. The lowest BCUT2D eigenvalue weighted by Gasteiger charge is -2.26. The second kappa shape index (κ2) is 4.94. The topological polar surface area (TPSA) is 41.6 Å². The van der Waals surface area contributed by atoms with Gasteiger partial charge in [0.05, 0.1) is 18.7 Å². The maximum Gasteiger partial charge on any atom is 0.240 e. The summed E-state index contributed by atoms with van der Waals surface area (Å²) in [6.07, 6.45) is 4.33. The van der Waals surface area contributed by atoms with Gasteiger partial charge in [-0.1, -0.05) is 0 Å². The molecule has 2 atom stereocenters. The maximum absolute atomic E-state index is 12.1. The Hall–Kier alpha value is -0.610. The fourth-order valence-electron chi connectivity index (χ4n) is 2.59. The Morgan fingerprint density at radius 3 is 3.00 bits per heavy atom. The molecular formula is C11H20N2O2. The zero-order chi connectivity index (χ0) is 10.7. The van der Waals surface area contributed by atoms with E-state index in [1.165, 1.54) is 0 Å². The molecule has 4 nitrogen and oxygen atoms in total. The summed E-state index contributed by atoms with van der Waals surface area (Å²) in [5.74, 6) is 0.284. The summed E-state index contributed by atoms with van der Waals surface area (Å²) in [7, 11) is 1.70. The number of likely N-dealkylation sites (tertiary alicyclic amines) is 1. The summed E-state index contributed by atoms with van der Waals surface area (Å²) in [5.41, 5.74) is 0. The number of hydrogen-bond donors (Lipinski definition) is 1. The molecule has 1 N–H and O–H groups in total. The van der Waals surface area contributed by atoms with Crippen molar-refractivity contribution in [3.63, 3.8) is 0 Å². The number of ether oxygens (including phenoxy) is 1. The van der Waals surface area contributed by atoms with E-state index in [0.29, 0.717) is 12.6 Å². The molecule has 0 saturated carbocycles. The smallest absolute Gasteiger partial charge is 0.240 e. The Kier molecular flexibility index (Phi) is 3.59. The highest BCUT2D eigenvalue weighted by atomic mass is 16.5. The molecule has 1 amide bonds. The van der Waals surface area contributed by atoms with E-state index in [1.807, 2.05) is 4.90 Å². The van der Waals surface area contributed by atoms with Gasteiger partial charge in [-0.05, 0) is 32.2 Å². The molecule has 2 rings (SSSR count). The van der Waals surface area contributed by atoms with Gasteiger partial charge in [-0.3, -0.25) is 4.79 Å². The van der Waals surface area contributed by atoms with E-state index in [0.717, 1.165) is 38.8 Å². The average molecular weight is 212 g/mol. The van der Waals surface area contributed by atoms with Crippen LogP contribution in [0, 0.1) is 0 Å². The quantitative estimate of drug-likeness (QED) is 0.735. The Morgan fingerprint density at radius 2 is 2.33 bits per heavy atom. The average Bonchev–Trinajstić information content (AvgIpc) is 2.87. The number of nitrogens with zero attached hydrogens (tertiary/aromatic N) is 1. The largest absolute Gasteiger partial charge is 0.383 e. The van der Waals surface area contributed by atoms with Crippen LogP contribution in [0.25, 0.3) is 0 Å². The molecule has 2 aliphatic heterocycles. The SMILES string of the molecule is COC[C@@H]1CCCN1C(=O)[C@H]1CCCN1. The lowest BCUT2D eigenvalue weighted by Crippen LogP contribution is -2.47. The van der Waals surface area contributed by atoms with Crippen LogP contribution in [-0.4, -0.2) is 49.7 Å². The first kappa shape index (κ1) is 10.9. The Morgan fingerprint density at radius 1 is 1.47 bits per heavy atom. The van der Waals surface area contributed by atoms with Crippen LogP contribution in [0.2, 0.25) is 0 Å². The standard InChI is InChI=1S/C11H20N2O2/c1-15-8-9-4-3-7-13(9)11(14)10-5-2-6-12-10/h9-10,12H,2-8H2,1H3/t9-,10+/m0/s1. The minimum Gasteiger partial charge on any atom is -0.383 e. The number of methoxy groups -OCH3 is 1. The van der Waals surface area contributed by atoms with Crippen molar-refractivity contribution in [2.45, 2.75) is 37.8 Å². The van der Waals surface area contributed by atoms with Crippen LogP contribution in [0.3, 0.4) is 0 Å². The fourth-order valence-corrected chi connectivity index (χ4v) is 2.59. The highest BCUT2D eigenvalue weighted by Crippen LogP contribution is 2.20. The van der Waals surface area contributed by atoms with Crippen LogP contribution in [0.4, 0.5) is 0 Å². The van der Waals surface area contributed by atoms with Crippen molar-refractivity contribution in [1.29, 1.82) is 0 Å². The highest BCUT2D eigenvalue weighted by molar-refractivity contribution is 5.82. The van der Waals surface area contributed by atoms with E-state index in [-0.39, 0.29) is 11.9 Å². The van der Waals surface area contributed by atoms with Gasteiger partial charge in [0.25, 0.3) is 0 Å². The van der Waals surface area contributed by atoms with Crippen molar-refractivity contribution >= 4 is 5.91 Å². The van der Waals surface area contributed by atoms with E-state index >= 15 is 0 Å². The van der Waals surface area contributed by atoms with Crippen molar-refractivity contribution in [3.8, 4) is 0 Å². The van der Waals surface area contributed by atoms with Gasteiger partial charge in [0, 0.05) is 13.7 Å². The van der Waals surface area contributed by atoms with Gasteiger partial charge in [0.15, 0.2) is 0 Å². The minimum atomic E-state index is 0.0717. The zero-order valence-electron chi connectivity index (χ0n) is 9.37. The van der Waals surface area contributed by atoms with Crippen molar-refractivity contribution < 1.29 is 9.53 Å². The first-order valence-electron chi connectivity index (χ1n) is 5.85. The molecule has 0 aromatic rings. The lowest BCUT2D eigenvalue weighted by atomic mass is 10.2. The molecule has 4 heteroatoms. The van der Waals surface area contributed by atoms with Crippen LogP contribution in [0.15, 0.2) is 0 Å². The fraction of sp³-hybridized carbons (Fsp3) is 0.909. The molecule has 2 aliphatic rings. The highest BCUT2D eigenvalue weighted by Gasteiger charge is 2.33. The molecule has 15 heavy (non-hydrogen) atoms. The van der Waals surface area contributed by atoms with Gasteiger partial charge < -0.3 is 15.0 Å². The summed E-state index contributed by atoms with van der Waals surface area (Å²) in [5, 5.41) is 3.26. The van der Waals surface area contributed by atoms with E-state index < -0.39 is 0 Å². The van der Waals surface area contributed by atoms with Crippen molar-refractivity contribution in [1.82, 2.24) is 10.2 Å². The number of nitrogens with one attached hydrogen (secondary N) is 1. The lowest BCUT2D eigenvalue weighted by molar-refractivity contribution is -0.134. The molecule has 0 aromatic carbocycles. The van der Waals surface area contributed by atoms with Crippen LogP contribution >= 0.6 is 0 Å². The third-order valence-electron chi connectivity index (χ3n) is 3.38. The molecule has 2 heterocycles. The van der Waals surface area contributed by atoms with Crippen LogP contribution in [0.5, 0.6) is 0 Å². The third-order valence-corrected chi connectivity index (χ3v) is 3.38. The predicted octanol–water partition coefficient (Wildman–Crippen LogP) is 0.376. The molecule has 0 aliphatic carbocycles. The molecule has 0 unspecified atom stereocenters. The van der Waals surface area contributed by atoms with Crippen LogP contribution < -0.4 is 5.32 Å². The normalized spacial score (nSPS) is 31.1. The van der Waals surface area contributed by atoms with E-state index in [4.69, 9.17) is 4.74 Å². The van der Waals surface area contributed by atoms with Gasteiger partial charge in [0.1, 0.15) is 0 Å². The molecule has 86 valence electrons. The predicted molar refractivity (Wildman–Crippen MR) is 57.6 cm³/mol. The van der Waals surface area contributed by atoms with E-state index in [2.05, 4.69) is 5.32 Å². The number of amides is 1. The van der Waals surface area contributed by atoms with E-state index in [1.54, 1.807) is 7.11 Å². The molecule has 0 spiro atoms. The van der Waals surface area contributed by atoms with Gasteiger partial charge in [-0.2, -0.15) is 0 Å². The molecule has 0 radical (unpaired) electrons. The summed E-state index contributed by atoms with van der Waals surface area (Å²) >= 11 is 0. The Bertz CT molecular complexity index is 227. The first-order valence-corrected chi connectivity index (χ1v) is 5.85. The molecular weight excluding hydrogens is 192 g/mol. The Labute approximate surface area is 91.0 Å². The molecule has 0 bridgehead atoms. The summed E-state index contributed by atoms with van der Waals surface area (Å²) in [6, 6.07) is 0.382. The summed E-state index contributed by atoms with van der Waals surface area (Å²) in [6.45, 7) is 2.57. The molecule has 2 saturated heterocycles. The first-order chi connectivity index (χ1) is 7.33. The third kappa shape index (κ3) is 2.32. The monoisotopic (exact) mass is 212 g/mol. The van der Waals surface area contributed by atoms with Crippen LogP contribution in [0.1, 0.15) is 25.7 Å². The van der Waals surface area contributed by atoms with Crippen molar-refractivity contribution in [2.75, 3.05) is 26.8 Å². The van der Waals surface area contributed by atoms with E-state index in [9.17, 15) is 4.79 Å². The zero-order valence-corrected chi connectivity index (χ0v) is 9.37.